The van der Waals surface area contributed by atoms with Gasteiger partial charge in [0, 0.05) is 56.9 Å². The first-order chi connectivity index (χ1) is 12.5. The summed E-state index contributed by atoms with van der Waals surface area (Å²) in [6, 6.07) is 6.68. The van der Waals surface area contributed by atoms with E-state index in [0.29, 0.717) is 5.75 Å². The van der Waals surface area contributed by atoms with Crippen LogP contribution in [0.1, 0.15) is 18.4 Å². The van der Waals surface area contributed by atoms with Gasteiger partial charge in [0.15, 0.2) is 6.04 Å². The summed E-state index contributed by atoms with van der Waals surface area (Å²) < 4.78 is 0.822. The maximum absolute atomic E-state index is 12.5. The summed E-state index contributed by atoms with van der Waals surface area (Å²) in [5.74, 6) is 0.958. The molecule has 7 nitrogen and oxygen atoms in total. The lowest BCUT2D eigenvalue weighted by molar-refractivity contribution is -0.658. The van der Waals surface area contributed by atoms with Crippen LogP contribution < -0.4 is 5.32 Å². The Balaban J connectivity index is 1.43. The zero-order valence-corrected chi connectivity index (χ0v) is 16.1. The van der Waals surface area contributed by atoms with Gasteiger partial charge in [-0.3, -0.25) is 14.9 Å². The topological polar surface area (TPSA) is 83.3 Å². The number of benzene rings is 1. The Morgan fingerprint density at radius 1 is 1.23 bits per heavy atom. The fraction of sp³-hybridized carbons (Fsp3) is 0.529. The number of thiocarbonyl (C=S) groups is 1. The molecule has 26 heavy (non-hydrogen) atoms. The van der Waals surface area contributed by atoms with Gasteiger partial charge >= 0.3 is 0 Å². The molecule has 2 aliphatic rings. The van der Waals surface area contributed by atoms with Gasteiger partial charge in [0.1, 0.15) is 4.32 Å². The molecule has 1 atom stereocenters. The quantitative estimate of drug-likeness (QED) is 0.465. The van der Waals surface area contributed by atoms with Gasteiger partial charge in [-0.2, -0.15) is 0 Å². The Morgan fingerprint density at radius 3 is 2.46 bits per heavy atom. The molecule has 3 rings (SSSR count). The Bertz CT molecular complexity index is 669. The highest BCUT2D eigenvalue weighted by molar-refractivity contribution is 8.22. The maximum Gasteiger partial charge on any atom is 0.280 e. The van der Waals surface area contributed by atoms with E-state index >= 15 is 0 Å². The summed E-state index contributed by atoms with van der Waals surface area (Å²) in [6.07, 6.45) is 2.11. The third-order valence-corrected chi connectivity index (χ3v) is 6.44. The number of carbonyl (C=O) groups is 1. The van der Waals surface area contributed by atoms with Crippen LogP contribution in [0.2, 0.25) is 0 Å². The number of amides is 1. The van der Waals surface area contributed by atoms with Crippen LogP contribution in [0.4, 0.5) is 5.69 Å². The van der Waals surface area contributed by atoms with Crippen LogP contribution >= 0.6 is 24.0 Å². The molecule has 1 aromatic carbocycles. The third kappa shape index (κ3) is 4.72. The number of nitrogens with zero attached hydrogens (tertiary/aromatic N) is 3. The predicted octanol–water partition coefficient (Wildman–Crippen LogP) is 0.983. The summed E-state index contributed by atoms with van der Waals surface area (Å²) in [4.78, 5) is 26.9. The summed E-state index contributed by atoms with van der Waals surface area (Å²) in [5, 5.41) is 12.8. The van der Waals surface area contributed by atoms with E-state index in [1.54, 1.807) is 23.9 Å². The normalized spacial score (nSPS) is 20.2. The van der Waals surface area contributed by atoms with Crippen LogP contribution in [0.3, 0.4) is 0 Å². The highest BCUT2D eigenvalue weighted by atomic mass is 32.2. The Hall–Kier alpha value is -1.71. The molecule has 2 heterocycles. The number of nitro benzene ring substituents is 1. The van der Waals surface area contributed by atoms with Crippen molar-refractivity contribution in [2.24, 2.45) is 0 Å². The summed E-state index contributed by atoms with van der Waals surface area (Å²) in [5.41, 5.74) is 1.11. The molecule has 9 heteroatoms. The summed E-state index contributed by atoms with van der Waals surface area (Å²) >= 11 is 7.09. The maximum atomic E-state index is 12.5. The zero-order valence-electron chi connectivity index (χ0n) is 14.5. The number of rotatable bonds is 4. The number of hydrogen-bond donors (Lipinski definition) is 1. The van der Waals surface area contributed by atoms with Crippen molar-refractivity contribution in [2.75, 3.05) is 32.7 Å². The minimum Gasteiger partial charge on any atom is -0.354 e. The molecule has 0 bridgehead atoms. The Kier molecular flexibility index (Phi) is 6.44. The van der Waals surface area contributed by atoms with E-state index in [9.17, 15) is 14.9 Å². The number of nitrogens with two attached hydrogens (primary N) is 1. The largest absolute Gasteiger partial charge is 0.354 e. The van der Waals surface area contributed by atoms with Gasteiger partial charge in [-0.15, -0.1) is 0 Å². The van der Waals surface area contributed by atoms with Crippen molar-refractivity contribution in [2.45, 2.75) is 24.6 Å². The smallest absolute Gasteiger partial charge is 0.280 e. The van der Waals surface area contributed by atoms with E-state index < -0.39 is 4.92 Å². The second kappa shape index (κ2) is 8.79. The predicted molar refractivity (Wildman–Crippen MR) is 105 cm³/mol. The molecule has 1 unspecified atom stereocenters. The number of hydrogen-bond acceptors (Lipinski definition) is 5. The molecule has 2 N–H and O–H groups in total. The van der Waals surface area contributed by atoms with Crippen molar-refractivity contribution in [1.82, 2.24) is 9.80 Å². The number of quaternary nitrogens is 1. The van der Waals surface area contributed by atoms with Gasteiger partial charge in [-0.05, 0) is 5.56 Å². The van der Waals surface area contributed by atoms with Crippen LogP contribution in [0, 0.1) is 10.1 Å². The van der Waals surface area contributed by atoms with Gasteiger partial charge in [0.2, 0.25) is 0 Å². The molecular weight excluding hydrogens is 372 g/mol. The van der Waals surface area contributed by atoms with Gasteiger partial charge in [-0.1, -0.05) is 36.1 Å². The molecule has 0 radical (unpaired) electrons. The molecule has 0 saturated carbocycles. The van der Waals surface area contributed by atoms with Gasteiger partial charge in [-0.25, -0.2) is 0 Å². The fourth-order valence-electron chi connectivity index (χ4n) is 3.29. The lowest BCUT2D eigenvalue weighted by Gasteiger charge is -2.36. The summed E-state index contributed by atoms with van der Waals surface area (Å²) in [7, 11) is 0. The SMILES string of the molecule is O=C(C1CCC[NH2+]1)N1CCN(C(=S)SCc2ccc([N+](=O)[O-])cc2)CC1. The average Bonchev–Trinajstić information content (AvgIpc) is 3.20. The molecule has 2 aliphatic heterocycles. The summed E-state index contributed by atoms with van der Waals surface area (Å²) in [6.45, 7) is 4.04. The average molecular weight is 396 g/mol. The fourth-order valence-corrected chi connectivity index (χ4v) is 4.50. The Morgan fingerprint density at radius 2 is 1.88 bits per heavy atom. The van der Waals surface area contributed by atoms with Crippen molar-refractivity contribution < 1.29 is 15.0 Å². The number of non-ortho nitro benzene ring substituents is 1. The monoisotopic (exact) mass is 395 g/mol. The molecule has 1 aromatic rings. The van der Waals surface area contributed by atoms with E-state index in [1.807, 2.05) is 4.90 Å². The number of thioether (sulfide) groups is 1. The van der Waals surface area contributed by atoms with Crippen molar-refractivity contribution in [3.63, 3.8) is 0 Å². The first-order valence-corrected chi connectivity index (χ1v) is 10.2. The van der Waals surface area contributed by atoms with Crippen molar-refractivity contribution in [3.05, 3.63) is 39.9 Å². The number of piperazine rings is 1. The molecular formula is C17H23N4O3S2+. The second-order valence-corrected chi connectivity index (χ2v) is 8.17. The highest BCUT2D eigenvalue weighted by Gasteiger charge is 2.32. The van der Waals surface area contributed by atoms with E-state index in [4.69, 9.17) is 12.2 Å². The molecule has 2 fully saturated rings. The van der Waals surface area contributed by atoms with E-state index in [2.05, 4.69) is 10.2 Å². The molecule has 0 aliphatic carbocycles. The van der Waals surface area contributed by atoms with E-state index in [1.165, 1.54) is 12.1 Å². The van der Waals surface area contributed by atoms with Gasteiger partial charge in [0.25, 0.3) is 11.6 Å². The molecule has 2 saturated heterocycles. The number of carbonyl (C=O) groups excluding carboxylic acids is 1. The van der Waals surface area contributed by atoms with Crippen LogP contribution in [0.15, 0.2) is 24.3 Å². The van der Waals surface area contributed by atoms with Gasteiger partial charge in [0.05, 0.1) is 11.5 Å². The minimum atomic E-state index is -0.397. The molecule has 0 spiro atoms. The number of nitro groups is 1. The zero-order chi connectivity index (χ0) is 18.5. The molecule has 1 amide bonds. The van der Waals surface area contributed by atoms with E-state index in [0.717, 1.165) is 55.4 Å². The Labute approximate surface area is 162 Å². The van der Waals surface area contributed by atoms with Crippen LogP contribution in [-0.2, 0) is 10.5 Å². The minimum absolute atomic E-state index is 0.0987. The van der Waals surface area contributed by atoms with Gasteiger partial charge < -0.3 is 15.1 Å². The van der Waals surface area contributed by atoms with Crippen LogP contribution in [-0.4, -0.2) is 63.7 Å². The van der Waals surface area contributed by atoms with Crippen LogP contribution in [0.25, 0.3) is 0 Å². The highest BCUT2D eigenvalue weighted by Crippen LogP contribution is 2.20. The van der Waals surface area contributed by atoms with Crippen molar-refractivity contribution in [3.8, 4) is 0 Å². The van der Waals surface area contributed by atoms with Crippen molar-refractivity contribution in [1.29, 1.82) is 0 Å². The lowest BCUT2D eigenvalue weighted by atomic mass is 10.2. The van der Waals surface area contributed by atoms with Crippen LogP contribution in [0.5, 0.6) is 0 Å². The lowest BCUT2D eigenvalue weighted by Crippen LogP contribution is -2.89. The van der Waals surface area contributed by atoms with E-state index in [-0.39, 0.29) is 17.6 Å². The first-order valence-electron chi connectivity index (χ1n) is 8.82. The van der Waals surface area contributed by atoms with Crippen molar-refractivity contribution >= 4 is 39.9 Å². The standard InChI is InChI=1S/C17H22N4O3S2/c22-16(15-2-1-7-18-15)19-8-10-20(11-9-19)17(25)26-12-13-3-5-14(6-4-13)21(23)24/h3-6,15,18H,1-2,7-12H2/p+1. The third-order valence-electron chi connectivity index (χ3n) is 4.85. The molecule has 0 aromatic heterocycles. The second-order valence-electron chi connectivity index (χ2n) is 6.56. The first kappa shape index (κ1) is 19.1. The molecule has 140 valence electrons.